The Morgan fingerprint density at radius 1 is 0.329 bits per heavy atom. The molecule has 3 aliphatic rings. The van der Waals surface area contributed by atoms with Crippen LogP contribution in [0.25, 0.3) is 0 Å². The summed E-state index contributed by atoms with van der Waals surface area (Å²) >= 11 is 0. The largest absolute Gasteiger partial charge is 0.394 e. The van der Waals surface area contributed by atoms with Crippen molar-refractivity contribution < 1.29 is 77.3 Å². The van der Waals surface area contributed by atoms with Crippen LogP contribution in [0.4, 0.5) is 0 Å². The highest BCUT2D eigenvalue weighted by Crippen LogP contribution is 2.34. The van der Waals surface area contributed by atoms with E-state index in [0.717, 1.165) is 33.4 Å². The molecule has 0 radical (unpaired) electrons. The Balaban J connectivity index is 0.995. The van der Waals surface area contributed by atoms with E-state index in [4.69, 9.17) is 56.8 Å². The summed E-state index contributed by atoms with van der Waals surface area (Å²) in [5.74, 6) is 0. The topological polar surface area (TPSA) is 192 Å². The highest BCUT2D eigenvalue weighted by molar-refractivity contribution is 5.18. The summed E-state index contributed by atoms with van der Waals surface area (Å²) in [6.45, 7) is 3.59. The van der Waals surface area contributed by atoms with Crippen LogP contribution >= 0.6 is 0 Å². The number of benzene rings is 6. The van der Waals surface area contributed by atoms with Gasteiger partial charge < -0.3 is 77.3 Å². The Bertz CT molecular complexity index is 2630. The Labute approximate surface area is 461 Å². The first kappa shape index (κ1) is 58.1. The van der Waals surface area contributed by atoms with Gasteiger partial charge in [0.2, 0.25) is 0 Å². The van der Waals surface area contributed by atoms with Crippen molar-refractivity contribution in [1.82, 2.24) is 0 Å². The van der Waals surface area contributed by atoms with Gasteiger partial charge in [0.25, 0.3) is 0 Å². The molecule has 79 heavy (non-hydrogen) atoms. The van der Waals surface area contributed by atoms with E-state index in [2.05, 4.69) is 6.58 Å². The molecule has 420 valence electrons. The second-order valence-electron chi connectivity index (χ2n) is 19.6. The van der Waals surface area contributed by atoms with Crippen LogP contribution in [0.3, 0.4) is 0 Å². The highest BCUT2D eigenvalue weighted by Gasteiger charge is 2.52. The molecule has 0 amide bonds. The van der Waals surface area contributed by atoms with Crippen LogP contribution in [0.2, 0.25) is 0 Å². The lowest BCUT2D eigenvalue weighted by molar-refractivity contribution is -0.354. The van der Waals surface area contributed by atoms with E-state index in [0.29, 0.717) is 0 Å². The molecular formula is C63H72O16. The number of hydrogen-bond acceptors (Lipinski definition) is 16. The lowest BCUT2D eigenvalue weighted by atomic mass is 9.97. The number of rotatable bonds is 28. The second kappa shape index (κ2) is 30.3. The van der Waals surface area contributed by atoms with Crippen LogP contribution in [-0.4, -0.2) is 139 Å². The molecule has 3 heterocycles. The van der Waals surface area contributed by atoms with Crippen LogP contribution in [0.15, 0.2) is 195 Å². The number of aliphatic hydroxyl groups is 4. The molecule has 6 aromatic rings. The van der Waals surface area contributed by atoms with Gasteiger partial charge in [0.05, 0.1) is 66.1 Å². The maximum atomic E-state index is 12.5. The van der Waals surface area contributed by atoms with Gasteiger partial charge in [0.1, 0.15) is 73.2 Å². The van der Waals surface area contributed by atoms with Gasteiger partial charge in [0, 0.05) is 0 Å². The number of hydrogen-bond donors (Lipinski definition) is 4. The zero-order chi connectivity index (χ0) is 54.6. The third kappa shape index (κ3) is 16.3. The van der Waals surface area contributed by atoms with Crippen molar-refractivity contribution in [1.29, 1.82) is 0 Å². The molecule has 0 spiro atoms. The van der Waals surface area contributed by atoms with Gasteiger partial charge >= 0.3 is 0 Å². The molecule has 16 heteroatoms. The predicted molar refractivity (Wildman–Crippen MR) is 289 cm³/mol. The van der Waals surface area contributed by atoms with Gasteiger partial charge in [0.15, 0.2) is 18.9 Å². The Hall–Kier alpha value is -5.58. The van der Waals surface area contributed by atoms with Crippen molar-refractivity contribution in [2.24, 2.45) is 0 Å². The zero-order valence-corrected chi connectivity index (χ0v) is 44.0. The fourth-order valence-electron chi connectivity index (χ4n) is 9.83. The lowest BCUT2D eigenvalue weighted by Crippen LogP contribution is -2.64. The van der Waals surface area contributed by atoms with Crippen molar-refractivity contribution >= 4 is 0 Å². The Morgan fingerprint density at radius 3 is 0.835 bits per heavy atom. The van der Waals surface area contributed by atoms with E-state index < -0.39 is 98.7 Å². The van der Waals surface area contributed by atoms with E-state index in [9.17, 15) is 20.4 Å². The van der Waals surface area contributed by atoms with Gasteiger partial charge in [-0.2, -0.15) is 0 Å². The van der Waals surface area contributed by atoms with E-state index in [1.54, 1.807) is 6.08 Å². The van der Waals surface area contributed by atoms with Crippen molar-refractivity contribution in [2.45, 2.75) is 132 Å². The Kier molecular flexibility index (Phi) is 22.3. The van der Waals surface area contributed by atoms with E-state index in [-0.39, 0.29) is 59.5 Å². The molecule has 0 aromatic heterocycles. The van der Waals surface area contributed by atoms with Crippen LogP contribution in [-0.2, 0) is 96.5 Å². The van der Waals surface area contributed by atoms with E-state index in [1.165, 1.54) is 0 Å². The first-order valence-corrected chi connectivity index (χ1v) is 26.9. The fourth-order valence-corrected chi connectivity index (χ4v) is 9.83. The van der Waals surface area contributed by atoms with E-state index in [1.807, 2.05) is 182 Å². The molecule has 0 bridgehead atoms. The highest BCUT2D eigenvalue weighted by atomic mass is 16.8. The standard InChI is InChI=1S/C63H72O16/c1-2-33-68-61-52(65)59(73-39-47-29-17-7-18-30-47)56(70-36-44-23-11-4-12-24-44)50(78-61)41-76-63-54(67)60(74-40-48-31-19-8-20-32-48)57(71-37-45-25-13-5-14-26-45)51(79-63)42-75-62-53(66)58(72-38-46-27-15-6-16-28-46)55(49(34-64)77-62)69-35-43-21-9-3-10-22-43/h2-32,49-67H,1,33-42H2/t49-,50-,51-,52+,53+,54+,55-,56-,57-,58-,59-,60-,61+,62+,63+/m1/s1. The molecular weight excluding hydrogens is 1010 g/mol. The molecule has 3 saturated heterocycles. The third-order valence-corrected chi connectivity index (χ3v) is 14.0. The van der Waals surface area contributed by atoms with Crippen LogP contribution in [0, 0.1) is 0 Å². The van der Waals surface area contributed by atoms with Crippen LogP contribution < -0.4 is 0 Å². The molecule has 0 aliphatic carbocycles. The summed E-state index contributed by atoms with van der Waals surface area (Å²) in [6, 6.07) is 57.3. The summed E-state index contributed by atoms with van der Waals surface area (Å²) in [5, 5.41) is 47.4. The molecule has 9 rings (SSSR count). The zero-order valence-electron chi connectivity index (χ0n) is 44.0. The number of aliphatic hydroxyl groups excluding tert-OH is 4. The molecule has 6 aromatic carbocycles. The van der Waals surface area contributed by atoms with Gasteiger partial charge in [-0.25, -0.2) is 0 Å². The quantitative estimate of drug-likeness (QED) is 0.0368. The maximum Gasteiger partial charge on any atom is 0.187 e. The molecule has 0 unspecified atom stereocenters. The summed E-state index contributed by atoms with van der Waals surface area (Å²) in [6.07, 6.45) is -15.6. The van der Waals surface area contributed by atoms with Gasteiger partial charge in [-0.15, -0.1) is 6.58 Å². The van der Waals surface area contributed by atoms with Crippen LogP contribution in [0.5, 0.6) is 0 Å². The van der Waals surface area contributed by atoms with Crippen molar-refractivity contribution in [3.05, 3.63) is 228 Å². The molecule has 16 nitrogen and oxygen atoms in total. The fraction of sp³-hybridized carbons (Fsp3) is 0.397. The molecule has 0 saturated carbocycles. The second-order valence-corrected chi connectivity index (χ2v) is 19.6. The van der Waals surface area contributed by atoms with Crippen molar-refractivity contribution in [2.75, 3.05) is 26.4 Å². The first-order valence-electron chi connectivity index (χ1n) is 26.9. The van der Waals surface area contributed by atoms with Gasteiger partial charge in [-0.05, 0) is 33.4 Å². The molecule has 15 atom stereocenters. The van der Waals surface area contributed by atoms with Gasteiger partial charge in [-0.1, -0.05) is 188 Å². The first-order chi connectivity index (χ1) is 38.8. The predicted octanol–water partition coefficient (Wildman–Crippen LogP) is 6.98. The average Bonchev–Trinajstić information content (AvgIpc) is 3.50. The Morgan fingerprint density at radius 2 is 0.570 bits per heavy atom. The average molecular weight is 1090 g/mol. The minimum atomic E-state index is -1.47. The van der Waals surface area contributed by atoms with Gasteiger partial charge in [-0.3, -0.25) is 0 Å². The third-order valence-electron chi connectivity index (χ3n) is 14.0. The smallest absolute Gasteiger partial charge is 0.187 e. The maximum absolute atomic E-state index is 12.5. The summed E-state index contributed by atoms with van der Waals surface area (Å²) < 4.78 is 78.0. The molecule has 3 aliphatic heterocycles. The minimum Gasteiger partial charge on any atom is -0.394 e. The normalized spacial score (nSPS) is 29.0. The monoisotopic (exact) mass is 1080 g/mol. The molecule has 3 fully saturated rings. The number of ether oxygens (including phenoxy) is 12. The summed E-state index contributed by atoms with van der Waals surface area (Å²) in [4.78, 5) is 0. The van der Waals surface area contributed by atoms with Crippen LogP contribution in [0.1, 0.15) is 33.4 Å². The van der Waals surface area contributed by atoms with Crippen molar-refractivity contribution in [3.63, 3.8) is 0 Å². The summed E-state index contributed by atoms with van der Waals surface area (Å²) in [5.41, 5.74) is 5.18. The summed E-state index contributed by atoms with van der Waals surface area (Å²) in [7, 11) is 0. The minimum absolute atomic E-state index is 0.0624. The SMILES string of the molecule is C=CCO[C@H]1O[C@H](CO[C@H]2O[C@H](CO[C@H]3O[C@H](CO)[C@@H](OCc4ccccc4)[C@H](OCc4ccccc4)[C@@H]3O)[C@@H](OCc3ccccc3)[C@H](OCc3ccccc3)[C@@H]2O)[C@@H](OCc2ccccc2)[C@H](OCc2ccccc2)[C@@H]1O. The lowest BCUT2D eigenvalue weighted by Gasteiger charge is -2.47. The molecule has 4 N–H and O–H groups in total. The van der Waals surface area contributed by atoms with Crippen molar-refractivity contribution in [3.8, 4) is 0 Å². The van der Waals surface area contributed by atoms with E-state index >= 15 is 0 Å².